The van der Waals surface area contributed by atoms with Crippen molar-refractivity contribution in [1.29, 1.82) is 0 Å². The zero-order valence-electron chi connectivity index (χ0n) is 30.2. The molecule has 27 heteroatoms. The molecule has 58 heavy (non-hydrogen) atoms. The molecule has 0 aliphatic carbocycles. The van der Waals surface area contributed by atoms with Gasteiger partial charge in [0.15, 0.2) is 12.8 Å². The van der Waals surface area contributed by atoms with E-state index >= 15 is 0 Å². The number of aromatic nitrogens is 2. The summed E-state index contributed by atoms with van der Waals surface area (Å²) >= 11 is 0. The number of benzene rings is 1. The number of oxime groups is 1. The number of nitrogens with zero attached hydrogens (tertiary/aromatic N) is 2. The molecule has 5 rings (SSSR count). The molecule has 4 unspecified atom stereocenters. The minimum Gasteiger partial charge on any atom is -0.484 e. The summed E-state index contributed by atoms with van der Waals surface area (Å²) in [5, 5.41) is 58.6. The van der Waals surface area contributed by atoms with Crippen LogP contribution >= 0.6 is 16.3 Å². The van der Waals surface area contributed by atoms with E-state index in [2.05, 4.69) is 14.8 Å². The van der Waals surface area contributed by atoms with E-state index in [0.717, 1.165) is 34.0 Å². The Balaban J connectivity index is 1.01. The predicted octanol–water partition coefficient (Wildman–Crippen LogP) is -3.27. The lowest BCUT2D eigenvalue weighted by Gasteiger charge is -2.37. The van der Waals surface area contributed by atoms with Gasteiger partial charge in [-0.15, -0.1) is 9.05 Å². The number of hydrogen-bond acceptors (Lipinski definition) is 22. The fraction of sp³-hybridized carbons (Fsp3) is 0.516. The van der Waals surface area contributed by atoms with Crippen LogP contribution in [-0.4, -0.2) is 142 Å². The zero-order valence-corrected chi connectivity index (χ0v) is 32.0. The van der Waals surface area contributed by atoms with Crippen molar-refractivity contribution in [3.05, 3.63) is 73.4 Å². The van der Waals surface area contributed by atoms with Gasteiger partial charge in [-0.25, -0.2) is 9.59 Å². The number of carbonyl (C=O) groups is 1. The smallest absolute Gasteiger partial charge is 0.484 e. The average molecular weight is 869 g/mol. The SMILES string of the molecule is Cc1cc(=O)oc2cc(OCC(=O)NCCCCON=C[C@H]3OC(O[P+](O)(O)O[P+](O)(O)OCC4OC(n5ccc(=O)[nH]c5=O)C(O)[C@H]4O)[C@H](O)[C@@H](O)[C@H]3O)ccc12. The van der Waals surface area contributed by atoms with Crippen molar-refractivity contribution in [3.63, 3.8) is 0 Å². The monoisotopic (exact) mass is 868 g/mol. The molecule has 0 radical (unpaired) electrons. The maximum Gasteiger partial charge on any atom is 0.622 e. The van der Waals surface area contributed by atoms with Crippen LogP contribution in [-0.2, 0) is 32.5 Å². The Labute approximate surface area is 326 Å². The molecule has 320 valence electrons. The van der Waals surface area contributed by atoms with Crippen LogP contribution in [0.25, 0.3) is 11.0 Å². The predicted molar refractivity (Wildman–Crippen MR) is 194 cm³/mol. The van der Waals surface area contributed by atoms with Crippen molar-refractivity contribution in [3.8, 4) is 5.75 Å². The second-order valence-corrected chi connectivity index (χ2v) is 15.9. The van der Waals surface area contributed by atoms with Crippen molar-refractivity contribution in [2.45, 2.75) is 75.0 Å². The number of aryl methyl sites for hydroxylation is 1. The number of fused-ring (bicyclic) bond motifs is 1. The van der Waals surface area contributed by atoms with Gasteiger partial charge < -0.3 is 54.3 Å². The molecule has 25 nitrogen and oxygen atoms in total. The van der Waals surface area contributed by atoms with Crippen molar-refractivity contribution in [1.82, 2.24) is 14.9 Å². The fourth-order valence-corrected chi connectivity index (χ4v) is 7.80. The Morgan fingerprint density at radius 3 is 2.45 bits per heavy atom. The lowest BCUT2D eigenvalue weighted by Crippen LogP contribution is -2.58. The Hall–Kier alpha value is -3.85. The van der Waals surface area contributed by atoms with Crippen LogP contribution in [0, 0.1) is 6.92 Å². The van der Waals surface area contributed by atoms with E-state index in [1.165, 1.54) is 12.1 Å². The van der Waals surface area contributed by atoms with Crippen LogP contribution in [0.3, 0.4) is 0 Å². The van der Waals surface area contributed by atoms with Crippen LogP contribution in [0.15, 0.2) is 60.5 Å². The minimum absolute atomic E-state index is 0.0151. The molecule has 2 aromatic heterocycles. The number of amides is 1. The molecule has 0 bridgehead atoms. The summed E-state index contributed by atoms with van der Waals surface area (Å²) in [5.41, 5.74) is -1.18. The number of rotatable bonds is 18. The first-order valence-corrected chi connectivity index (χ1v) is 20.3. The normalized spacial score (nSPS) is 26.6. The highest BCUT2D eigenvalue weighted by atomic mass is 31.3. The number of carbonyl (C=O) groups excluding carboxylic acids is 1. The highest BCUT2D eigenvalue weighted by Crippen LogP contribution is 2.70. The number of H-pyrrole nitrogens is 1. The van der Waals surface area contributed by atoms with E-state index in [1.807, 2.05) is 4.98 Å². The largest absolute Gasteiger partial charge is 0.622 e. The Morgan fingerprint density at radius 2 is 1.71 bits per heavy atom. The van der Waals surface area contributed by atoms with Crippen molar-refractivity contribution in [2.24, 2.45) is 5.16 Å². The second-order valence-electron chi connectivity index (χ2n) is 12.8. The van der Waals surface area contributed by atoms with Gasteiger partial charge >= 0.3 is 27.7 Å². The standard InChI is InChI=1S/C31H40N4O21P2/c1-15-10-23(38)52-18-11-16(4-5-17(15)18)49-14-22(37)32-7-2-3-9-50-33-12-19-24(39)26(41)28(43)30(54-19)55-58(47,48)56-57(45,46)51-13-20-25(40)27(42)29(53-20)35-8-6-21(36)34-31(35)44/h4-6,8,10-12,19-20,24-30,39-43,45-48H,2-3,7,9,13-14H2,1H3/p+2/t19-,20?,24+,25+,26+,27?,28-,29?,30?/m1/s1. The third-order valence-electron chi connectivity index (χ3n) is 8.49. The van der Waals surface area contributed by atoms with Crippen molar-refractivity contribution >= 4 is 39.4 Å². The summed E-state index contributed by atoms with van der Waals surface area (Å²) in [4.78, 5) is 95.2. The Bertz CT molecular complexity index is 2080. The molecule has 9 atom stereocenters. The molecule has 1 aromatic carbocycles. The number of ether oxygens (including phenoxy) is 3. The zero-order chi connectivity index (χ0) is 42.4. The first-order chi connectivity index (χ1) is 27.3. The molecular formula is C31H42N4O21P2+2. The molecular weight excluding hydrogens is 826 g/mol. The molecule has 0 saturated carbocycles. The molecule has 3 aromatic rings. The molecule has 2 saturated heterocycles. The number of aliphatic hydroxyl groups is 5. The van der Waals surface area contributed by atoms with Gasteiger partial charge in [0, 0.05) is 36.3 Å². The number of nitrogens with one attached hydrogen (secondary N) is 2. The molecule has 2 aliphatic rings. The summed E-state index contributed by atoms with van der Waals surface area (Å²) in [6, 6.07) is 7.18. The lowest BCUT2D eigenvalue weighted by molar-refractivity contribution is -0.261. The van der Waals surface area contributed by atoms with E-state index in [1.54, 1.807) is 19.1 Å². The third kappa shape index (κ3) is 11.9. The average Bonchev–Trinajstić information content (AvgIpc) is 3.42. The topological polar surface area (TPSA) is 373 Å². The van der Waals surface area contributed by atoms with Gasteiger partial charge in [-0.1, -0.05) is 5.16 Å². The maximum atomic E-state index is 12.2. The third-order valence-corrected chi connectivity index (χ3v) is 11.2. The highest BCUT2D eigenvalue weighted by molar-refractivity contribution is 7.68. The fourth-order valence-electron chi connectivity index (χ4n) is 5.57. The highest BCUT2D eigenvalue weighted by Gasteiger charge is 2.64. The van der Waals surface area contributed by atoms with Crippen LogP contribution in [0.1, 0.15) is 24.6 Å². The first-order valence-electron chi connectivity index (χ1n) is 17.2. The molecule has 2 aliphatic heterocycles. The van der Waals surface area contributed by atoms with Gasteiger partial charge in [-0.2, -0.15) is 19.6 Å². The quantitative estimate of drug-likeness (QED) is 0.0196. The molecule has 4 heterocycles. The van der Waals surface area contributed by atoms with E-state index in [-0.39, 0.29) is 19.8 Å². The van der Waals surface area contributed by atoms with Crippen LogP contribution in [0.5, 0.6) is 5.75 Å². The summed E-state index contributed by atoms with van der Waals surface area (Å²) < 4.78 is 35.9. The second kappa shape index (κ2) is 19.5. The van der Waals surface area contributed by atoms with Gasteiger partial charge in [0.25, 0.3) is 11.5 Å². The number of unbranched alkanes of at least 4 members (excludes halogenated alkanes) is 1. The van der Waals surface area contributed by atoms with Gasteiger partial charge in [0.1, 0.15) is 67.3 Å². The van der Waals surface area contributed by atoms with Gasteiger partial charge in [0.2, 0.25) is 6.29 Å². The van der Waals surface area contributed by atoms with Crippen LogP contribution in [0.4, 0.5) is 0 Å². The van der Waals surface area contributed by atoms with Gasteiger partial charge in [-0.05, 0) is 37.5 Å². The summed E-state index contributed by atoms with van der Waals surface area (Å²) in [6.45, 7) is 0.766. The lowest BCUT2D eigenvalue weighted by atomic mass is 10.00. The van der Waals surface area contributed by atoms with Crippen LogP contribution in [0.2, 0.25) is 0 Å². The summed E-state index contributed by atoms with van der Waals surface area (Å²) in [6.07, 6.45) is -13.8. The van der Waals surface area contributed by atoms with Crippen molar-refractivity contribution < 1.29 is 86.7 Å². The number of aromatic amines is 1. The maximum absolute atomic E-state index is 12.2. The van der Waals surface area contributed by atoms with E-state index < -0.39 is 101 Å². The van der Waals surface area contributed by atoms with E-state index in [9.17, 15) is 64.3 Å². The molecule has 11 N–H and O–H groups in total. The van der Waals surface area contributed by atoms with Gasteiger partial charge in [-0.3, -0.25) is 19.1 Å². The Kier molecular flexibility index (Phi) is 15.2. The minimum atomic E-state index is -5.40. The molecule has 0 spiro atoms. The van der Waals surface area contributed by atoms with E-state index in [0.29, 0.717) is 24.2 Å². The number of hydrogen-bond donors (Lipinski definition) is 11. The summed E-state index contributed by atoms with van der Waals surface area (Å²) in [7, 11) is -10.7. The number of aliphatic hydroxyl groups excluding tert-OH is 5. The first kappa shape index (κ1) is 45.2. The van der Waals surface area contributed by atoms with Crippen LogP contribution < -0.4 is 26.9 Å². The molecule has 1 amide bonds. The molecule has 2 fully saturated rings. The van der Waals surface area contributed by atoms with Crippen molar-refractivity contribution in [2.75, 3.05) is 26.4 Å². The summed E-state index contributed by atoms with van der Waals surface area (Å²) in [5.74, 6) is -0.0812. The van der Waals surface area contributed by atoms with E-state index in [4.69, 9.17) is 32.5 Å². The Morgan fingerprint density at radius 1 is 0.948 bits per heavy atom. The van der Waals surface area contributed by atoms with Gasteiger partial charge in [0.05, 0.1) is 10.5 Å².